The summed E-state index contributed by atoms with van der Waals surface area (Å²) in [6.07, 6.45) is 0.627. The SMILES string of the molecule is COc1ccc(C2CC(c3ccccc3OC)=NN2C(=O)CN2CCOCC2)cc1. The molecule has 0 aromatic heterocycles. The van der Waals surface area contributed by atoms with E-state index in [2.05, 4.69) is 4.90 Å². The second kappa shape index (κ2) is 9.28. The van der Waals surface area contributed by atoms with Crippen LogP contribution in [-0.2, 0) is 9.53 Å². The summed E-state index contributed by atoms with van der Waals surface area (Å²) in [7, 11) is 3.29. The normalized spacial score (nSPS) is 19.5. The molecule has 2 aromatic carbocycles. The van der Waals surface area contributed by atoms with Gasteiger partial charge in [-0.1, -0.05) is 24.3 Å². The number of amides is 1. The van der Waals surface area contributed by atoms with Gasteiger partial charge in [-0.05, 0) is 29.8 Å². The molecule has 2 aromatic rings. The molecule has 0 N–H and O–H groups in total. The van der Waals surface area contributed by atoms with Gasteiger partial charge in [0.15, 0.2) is 0 Å². The number of hydrogen-bond acceptors (Lipinski definition) is 6. The molecule has 0 bridgehead atoms. The third kappa shape index (κ3) is 4.32. The maximum absolute atomic E-state index is 13.2. The summed E-state index contributed by atoms with van der Waals surface area (Å²) in [4.78, 5) is 15.4. The van der Waals surface area contributed by atoms with E-state index in [4.69, 9.17) is 19.3 Å². The van der Waals surface area contributed by atoms with Crippen LogP contribution in [0.4, 0.5) is 0 Å². The van der Waals surface area contributed by atoms with Crippen LogP contribution in [-0.4, -0.2) is 68.6 Å². The van der Waals surface area contributed by atoms with Crippen molar-refractivity contribution >= 4 is 11.6 Å². The van der Waals surface area contributed by atoms with E-state index < -0.39 is 0 Å². The minimum absolute atomic E-state index is 0.0115. The van der Waals surface area contributed by atoms with Crippen molar-refractivity contribution in [2.24, 2.45) is 5.10 Å². The van der Waals surface area contributed by atoms with E-state index in [-0.39, 0.29) is 11.9 Å². The Morgan fingerprint density at radius 3 is 2.50 bits per heavy atom. The Morgan fingerprint density at radius 2 is 1.80 bits per heavy atom. The van der Waals surface area contributed by atoms with Crippen molar-refractivity contribution in [3.8, 4) is 11.5 Å². The molecule has 1 amide bonds. The van der Waals surface area contributed by atoms with Crippen LogP contribution >= 0.6 is 0 Å². The van der Waals surface area contributed by atoms with Crippen LogP contribution in [0.2, 0.25) is 0 Å². The number of nitrogens with zero attached hydrogens (tertiary/aromatic N) is 3. The summed E-state index contributed by atoms with van der Waals surface area (Å²) >= 11 is 0. The summed E-state index contributed by atoms with van der Waals surface area (Å²) in [5.41, 5.74) is 2.79. The maximum Gasteiger partial charge on any atom is 0.257 e. The van der Waals surface area contributed by atoms with Crippen LogP contribution in [0.25, 0.3) is 0 Å². The van der Waals surface area contributed by atoms with Crippen LogP contribution in [0.15, 0.2) is 53.6 Å². The Hall–Kier alpha value is -2.90. The van der Waals surface area contributed by atoms with Gasteiger partial charge in [0.05, 0.1) is 45.7 Å². The molecule has 0 saturated carbocycles. The van der Waals surface area contributed by atoms with Crippen LogP contribution < -0.4 is 9.47 Å². The van der Waals surface area contributed by atoms with Gasteiger partial charge >= 0.3 is 0 Å². The van der Waals surface area contributed by atoms with Crippen LogP contribution in [0, 0.1) is 0 Å². The van der Waals surface area contributed by atoms with Crippen LogP contribution in [0.3, 0.4) is 0 Å². The van der Waals surface area contributed by atoms with Crippen LogP contribution in [0.1, 0.15) is 23.6 Å². The van der Waals surface area contributed by atoms with Gasteiger partial charge in [-0.25, -0.2) is 5.01 Å². The number of ether oxygens (including phenoxy) is 3. The monoisotopic (exact) mass is 409 g/mol. The smallest absolute Gasteiger partial charge is 0.257 e. The predicted octanol–water partition coefficient (Wildman–Crippen LogP) is 2.71. The molecule has 30 heavy (non-hydrogen) atoms. The van der Waals surface area contributed by atoms with Crippen molar-refractivity contribution in [2.75, 3.05) is 47.1 Å². The molecule has 1 atom stereocenters. The molecule has 1 fully saturated rings. The number of hydrazone groups is 1. The Kier molecular flexibility index (Phi) is 6.30. The van der Waals surface area contributed by atoms with Crippen molar-refractivity contribution in [1.29, 1.82) is 0 Å². The summed E-state index contributed by atoms with van der Waals surface area (Å²) in [5, 5.41) is 6.40. The van der Waals surface area contributed by atoms with Crippen molar-refractivity contribution < 1.29 is 19.0 Å². The van der Waals surface area contributed by atoms with Gasteiger partial charge in [-0.2, -0.15) is 5.10 Å². The highest BCUT2D eigenvalue weighted by Gasteiger charge is 2.34. The van der Waals surface area contributed by atoms with E-state index in [1.165, 1.54) is 0 Å². The highest BCUT2D eigenvalue weighted by molar-refractivity contribution is 6.05. The number of carbonyl (C=O) groups excluding carboxylic acids is 1. The Morgan fingerprint density at radius 1 is 1.07 bits per heavy atom. The van der Waals surface area contributed by atoms with Crippen molar-refractivity contribution in [3.63, 3.8) is 0 Å². The predicted molar refractivity (Wildman–Crippen MR) is 114 cm³/mol. The van der Waals surface area contributed by atoms with E-state index in [0.29, 0.717) is 26.2 Å². The lowest BCUT2D eigenvalue weighted by Crippen LogP contribution is -2.43. The van der Waals surface area contributed by atoms with Gasteiger partial charge in [0.25, 0.3) is 5.91 Å². The molecular formula is C23H27N3O4. The number of rotatable bonds is 6. The van der Waals surface area contributed by atoms with Gasteiger partial charge in [-0.15, -0.1) is 0 Å². The first kappa shape index (κ1) is 20.4. The average Bonchev–Trinajstić information content (AvgIpc) is 3.25. The molecule has 2 aliphatic rings. The average molecular weight is 409 g/mol. The highest BCUT2D eigenvalue weighted by atomic mass is 16.5. The number of benzene rings is 2. The van der Waals surface area contributed by atoms with Gasteiger partial charge in [-0.3, -0.25) is 9.69 Å². The number of morpholine rings is 1. The molecule has 2 aliphatic heterocycles. The minimum atomic E-state index is -0.163. The number of carbonyl (C=O) groups is 1. The molecule has 7 heteroatoms. The lowest BCUT2D eigenvalue weighted by Gasteiger charge is -2.29. The second-order valence-corrected chi connectivity index (χ2v) is 7.37. The number of para-hydroxylation sites is 1. The highest BCUT2D eigenvalue weighted by Crippen LogP contribution is 2.35. The molecule has 2 heterocycles. The largest absolute Gasteiger partial charge is 0.497 e. The van der Waals surface area contributed by atoms with Crippen LogP contribution in [0.5, 0.6) is 11.5 Å². The van der Waals surface area contributed by atoms with E-state index in [1.807, 2.05) is 48.5 Å². The summed E-state index contributed by atoms with van der Waals surface area (Å²) < 4.78 is 16.2. The fraction of sp³-hybridized carbons (Fsp3) is 0.391. The Bertz CT molecular complexity index is 907. The molecule has 1 unspecified atom stereocenters. The third-order valence-corrected chi connectivity index (χ3v) is 5.55. The van der Waals surface area contributed by atoms with Crippen molar-refractivity contribution in [2.45, 2.75) is 12.5 Å². The Balaban J connectivity index is 1.62. The molecule has 158 valence electrons. The first-order valence-corrected chi connectivity index (χ1v) is 10.2. The first-order chi connectivity index (χ1) is 14.7. The Labute approximate surface area is 176 Å². The topological polar surface area (TPSA) is 63.6 Å². The molecule has 0 radical (unpaired) electrons. The summed E-state index contributed by atoms with van der Waals surface area (Å²) in [6.45, 7) is 3.17. The minimum Gasteiger partial charge on any atom is -0.497 e. The standard InChI is InChI=1S/C23H27N3O4/c1-28-18-9-7-17(8-10-18)21-15-20(19-5-3-4-6-22(19)29-2)24-26(21)23(27)16-25-11-13-30-14-12-25/h3-10,21H,11-16H2,1-2H3. The molecule has 0 aliphatic carbocycles. The van der Waals surface area contributed by atoms with E-state index in [1.54, 1.807) is 19.2 Å². The first-order valence-electron chi connectivity index (χ1n) is 10.2. The third-order valence-electron chi connectivity index (χ3n) is 5.55. The number of methoxy groups -OCH3 is 2. The van der Waals surface area contributed by atoms with Crippen molar-refractivity contribution in [3.05, 3.63) is 59.7 Å². The zero-order chi connectivity index (χ0) is 20.9. The van der Waals surface area contributed by atoms with Crippen molar-refractivity contribution in [1.82, 2.24) is 9.91 Å². The molecular weight excluding hydrogens is 382 g/mol. The lowest BCUT2D eigenvalue weighted by atomic mass is 9.98. The quantitative estimate of drug-likeness (QED) is 0.734. The number of hydrogen-bond donors (Lipinski definition) is 0. The van der Waals surface area contributed by atoms with E-state index >= 15 is 0 Å². The molecule has 0 spiro atoms. The zero-order valence-corrected chi connectivity index (χ0v) is 17.4. The zero-order valence-electron chi connectivity index (χ0n) is 17.4. The molecule has 4 rings (SSSR count). The van der Waals surface area contributed by atoms with E-state index in [0.717, 1.165) is 41.4 Å². The lowest BCUT2D eigenvalue weighted by molar-refractivity contribution is -0.135. The molecule has 1 saturated heterocycles. The second-order valence-electron chi connectivity index (χ2n) is 7.37. The van der Waals surface area contributed by atoms with Gasteiger partial charge < -0.3 is 14.2 Å². The van der Waals surface area contributed by atoms with Gasteiger partial charge in [0.2, 0.25) is 0 Å². The fourth-order valence-electron chi connectivity index (χ4n) is 3.89. The summed E-state index contributed by atoms with van der Waals surface area (Å²) in [5.74, 6) is 1.53. The maximum atomic E-state index is 13.2. The van der Waals surface area contributed by atoms with E-state index in [9.17, 15) is 4.79 Å². The summed E-state index contributed by atoms with van der Waals surface area (Å²) in [6, 6.07) is 15.5. The fourth-order valence-corrected chi connectivity index (χ4v) is 3.89. The van der Waals surface area contributed by atoms with Gasteiger partial charge in [0, 0.05) is 25.1 Å². The van der Waals surface area contributed by atoms with Gasteiger partial charge in [0.1, 0.15) is 11.5 Å². The molecule has 7 nitrogen and oxygen atoms in total.